The van der Waals surface area contributed by atoms with Crippen LogP contribution in [0.3, 0.4) is 0 Å². The van der Waals surface area contributed by atoms with Gasteiger partial charge in [0, 0.05) is 25.0 Å². The van der Waals surface area contributed by atoms with Crippen molar-refractivity contribution in [3.8, 4) is 11.1 Å². The monoisotopic (exact) mass is 434 g/mol. The molecule has 7 heteroatoms. The van der Waals surface area contributed by atoms with Crippen molar-refractivity contribution in [2.75, 3.05) is 19.7 Å². The molecule has 2 aromatic carbocycles. The van der Waals surface area contributed by atoms with Gasteiger partial charge in [-0.25, -0.2) is 4.79 Å². The maximum atomic E-state index is 12.8. The molecule has 7 nitrogen and oxygen atoms in total. The van der Waals surface area contributed by atoms with Crippen LogP contribution in [-0.4, -0.2) is 53.7 Å². The van der Waals surface area contributed by atoms with Gasteiger partial charge >= 0.3 is 12.1 Å². The number of likely N-dealkylation sites (tertiary alicyclic amines) is 1. The number of rotatable bonds is 5. The van der Waals surface area contributed by atoms with Crippen molar-refractivity contribution in [2.24, 2.45) is 11.8 Å². The molecule has 2 atom stereocenters. The fourth-order valence-electron chi connectivity index (χ4n) is 5.27. The van der Waals surface area contributed by atoms with Crippen LogP contribution in [0.25, 0.3) is 11.1 Å². The third-order valence-corrected chi connectivity index (χ3v) is 7.02. The number of amides is 2. The Morgan fingerprint density at radius 1 is 0.969 bits per heavy atom. The van der Waals surface area contributed by atoms with Crippen LogP contribution in [0.1, 0.15) is 36.3 Å². The predicted molar refractivity (Wildman–Crippen MR) is 117 cm³/mol. The minimum Gasteiger partial charge on any atom is -0.481 e. The van der Waals surface area contributed by atoms with E-state index in [2.05, 4.69) is 29.6 Å². The zero-order valence-electron chi connectivity index (χ0n) is 17.7. The molecule has 0 unspecified atom stereocenters. The van der Waals surface area contributed by atoms with E-state index in [9.17, 15) is 14.4 Å². The Hall–Kier alpha value is -3.35. The zero-order chi connectivity index (χ0) is 22.2. The number of nitrogens with one attached hydrogen (secondary N) is 1. The number of carboxylic acid groups (broad SMARTS) is 1. The second-order valence-corrected chi connectivity index (χ2v) is 8.89. The fourth-order valence-corrected chi connectivity index (χ4v) is 5.27. The quantitative estimate of drug-likeness (QED) is 0.753. The summed E-state index contributed by atoms with van der Waals surface area (Å²) in [5.74, 6) is -1.74. The van der Waals surface area contributed by atoms with Gasteiger partial charge in [-0.3, -0.25) is 9.59 Å². The van der Waals surface area contributed by atoms with E-state index in [0.29, 0.717) is 6.42 Å². The van der Waals surface area contributed by atoms with E-state index in [-0.39, 0.29) is 43.5 Å². The predicted octanol–water partition coefficient (Wildman–Crippen LogP) is 3.24. The molecule has 1 heterocycles. The molecular formula is C25H26N2O5. The number of aliphatic carboxylic acids is 1. The third-order valence-electron chi connectivity index (χ3n) is 7.02. The molecule has 3 aliphatic rings. The number of carbonyl (C=O) groups is 3. The molecule has 1 aliphatic heterocycles. The first kappa shape index (κ1) is 20.5. The van der Waals surface area contributed by atoms with Gasteiger partial charge in [0.1, 0.15) is 6.61 Å². The summed E-state index contributed by atoms with van der Waals surface area (Å²) in [4.78, 5) is 38.0. The molecule has 5 rings (SSSR count). The van der Waals surface area contributed by atoms with Crippen LogP contribution in [0.4, 0.5) is 4.79 Å². The lowest BCUT2D eigenvalue weighted by Crippen LogP contribution is -2.56. The highest BCUT2D eigenvalue weighted by Crippen LogP contribution is 2.44. The summed E-state index contributed by atoms with van der Waals surface area (Å²) in [7, 11) is 0. The Labute approximate surface area is 186 Å². The van der Waals surface area contributed by atoms with E-state index in [4.69, 9.17) is 9.84 Å². The first-order chi connectivity index (χ1) is 15.5. The van der Waals surface area contributed by atoms with Gasteiger partial charge < -0.3 is 20.1 Å². The summed E-state index contributed by atoms with van der Waals surface area (Å²) < 4.78 is 5.63. The average molecular weight is 434 g/mol. The Morgan fingerprint density at radius 3 is 2.22 bits per heavy atom. The molecule has 0 bridgehead atoms. The Kier molecular flexibility index (Phi) is 5.33. The summed E-state index contributed by atoms with van der Waals surface area (Å²) in [6.07, 6.45) is 1.75. The van der Waals surface area contributed by atoms with Crippen molar-refractivity contribution in [3.63, 3.8) is 0 Å². The Morgan fingerprint density at radius 2 is 1.59 bits per heavy atom. The molecule has 2 aliphatic carbocycles. The van der Waals surface area contributed by atoms with E-state index in [0.717, 1.165) is 24.0 Å². The van der Waals surface area contributed by atoms with Crippen LogP contribution in [0, 0.1) is 11.8 Å². The van der Waals surface area contributed by atoms with Gasteiger partial charge in [-0.1, -0.05) is 55.0 Å². The summed E-state index contributed by atoms with van der Waals surface area (Å²) >= 11 is 0. The number of nitrogens with zero attached hydrogens (tertiary/aromatic N) is 1. The van der Waals surface area contributed by atoms with E-state index in [1.165, 1.54) is 11.1 Å². The van der Waals surface area contributed by atoms with Crippen molar-refractivity contribution in [1.82, 2.24) is 10.2 Å². The number of hydrogen-bond acceptors (Lipinski definition) is 4. The maximum Gasteiger partial charge on any atom is 0.407 e. The molecule has 2 N–H and O–H groups in total. The highest BCUT2D eigenvalue weighted by Gasteiger charge is 2.42. The smallest absolute Gasteiger partial charge is 0.407 e. The van der Waals surface area contributed by atoms with Crippen molar-refractivity contribution in [3.05, 3.63) is 59.7 Å². The minimum atomic E-state index is -0.867. The number of hydrogen-bond donors (Lipinski definition) is 2. The number of benzene rings is 2. The summed E-state index contributed by atoms with van der Waals surface area (Å²) in [6.45, 7) is 0.738. The number of carbonyl (C=O) groups excluding carboxylic acids is 2. The van der Waals surface area contributed by atoms with Crippen LogP contribution >= 0.6 is 0 Å². The second-order valence-electron chi connectivity index (χ2n) is 8.89. The Balaban J connectivity index is 1.19. The van der Waals surface area contributed by atoms with E-state index in [1.807, 2.05) is 24.3 Å². The molecular weight excluding hydrogens is 408 g/mol. The van der Waals surface area contributed by atoms with E-state index in [1.54, 1.807) is 4.90 Å². The average Bonchev–Trinajstić information content (AvgIpc) is 3.33. The van der Waals surface area contributed by atoms with Crippen molar-refractivity contribution in [1.29, 1.82) is 0 Å². The molecule has 2 amide bonds. The number of alkyl carbamates (subject to hydrolysis) is 1. The highest BCUT2D eigenvalue weighted by atomic mass is 16.5. The van der Waals surface area contributed by atoms with Crippen LogP contribution in [0.15, 0.2) is 48.5 Å². The van der Waals surface area contributed by atoms with Gasteiger partial charge in [-0.15, -0.1) is 0 Å². The summed E-state index contributed by atoms with van der Waals surface area (Å²) in [6, 6.07) is 16.1. The molecule has 0 radical (unpaired) electrons. The van der Waals surface area contributed by atoms with Gasteiger partial charge in [0.25, 0.3) is 0 Å². The number of ether oxygens (including phenoxy) is 1. The molecule has 0 aromatic heterocycles. The highest BCUT2D eigenvalue weighted by molar-refractivity contribution is 5.84. The molecule has 1 saturated carbocycles. The Bertz CT molecular complexity index is 1020. The van der Waals surface area contributed by atoms with Crippen LogP contribution in [-0.2, 0) is 14.3 Å². The van der Waals surface area contributed by atoms with Crippen molar-refractivity contribution >= 4 is 18.0 Å². The van der Waals surface area contributed by atoms with Crippen LogP contribution in [0.5, 0.6) is 0 Å². The maximum absolute atomic E-state index is 12.8. The van der Waals surface area contributed by atoms with Gasteiger partial charge in [0.15, 0.2) is 0 Å². The van der Waals surface area contributed by atoms with E-state index < -0.39 is 18.0 Å². The molecule has 2 aromatic rings. The number of fused-ring (bicyclic) bond motifs is 3. The molecule has 32 heavy (non-hydrogen) atoms. The van der Waals surface area contributed by atoms with Gasteiger partial charge in [0.2, 0.25) is 5.91 Å². The lowest BCUT2D eigenvalue weighted by molar-refractivity contribution is -0.154. The lowest BCUT2D eigenvalue weighted by Gasteiger charge is -2.39. The molecule has 166 valence electrons. The van der Waals surface area contributed by atoms with E-state index >= 15 is 0 Å². The second kappa shape index (κ2) is 8.30. The third kappa shape index (κ3) is 3.61. The molecule has 1 saturated heterocycles. The number of carboxylic acids is 1. The topological polar surface area (TPSA) is 95.9 Å². The van der Waals surface area contributed by atoms with Gasteiger partial charge in [-0.05, 0) is 35.1 Å². The normalized spacial score (nSPS) is 22.1. The molecule has 2 fully saturated rings. The fraction of sp³-hybridized carbons (Fsp3) is 0.400. The standard InChI is InChI=1S/C25H26N2O5/c28-23(27-12-15(13-27)24(29)30)20-10-5-11-22(20)26-25(31)32-14-21-18-8-3-1-6-16(18)17-7-2-4-9-19(17)21/h1-4,6-9,15,20-22H,5,10-14H2,(H,26,31)(H,29,30)/t20-,22+/m1/s1. The first-order valence-electron chi connectivity index (χ1n) is 11.2. The largest absolute Gasteiger partial charge is 0.481 e. The first-order valence-corrected chi connectivity index (χ1v) is 11.2. The lowest BCUT2D eigenvalue weighted by atomic mass is 9.95. The van der Waals surface area contributed by atoms with Gasteiger partial charge in [-0.2, -0.15) is 0 Å². The van der Waals surface area contributed by atoms with Gasteiger partial charge in [0.05, 0.1) is 11.8 Å². The SMILES string of the molecule is O=C(N[C@H]1CCC[C@H]1C(=O)N1CC(C(=O)O)C1)OCC1c2ccccc2-c2ccccc21. The van der Waals surface area contributed by atoms with Crippen LogP contribution < -0.4 is 5.32 Å². The molecule has 0 spiro atoms. The van der Waals surface area contributed by atoms with Crippen molar-refractivity contribution in [2.45, 2.75) is 31.2 Å². The minimum absolute atomic E-state index is 0.0109. The van der Waals surface area contributed by atoms with Crippen LogP contribution in [0.2, 0.25) is 0 Å². The zero-order valence-corrected chi connectivity index (χ0v) is 17.7. The summed E-state index contributed by atoms with van der Waals surface area (Å²) in [5, 5.41) is 11.9. The summed E-state index contributed by atoms with van der Waals surface area (Å²) in [5.41, 5.74) is 4.66. The van der Waals surface area contributed by atoms with Crippen molar-refractivity contribution < 1.29 is 24.2 Å².